The lowest BCUT2D eigenvalue weighted by molar-refractivity contribution is 0.514. The van der Waals surface area contributed by atoms with Gasteiger partial charge >= 0.3 is 0 Å². The minimum absolute atomic E-state index is 0.281. The van der Waals surface area contributed by atoms with Gasteiger partial charge in [-0.3, -0.25) is 0 Å². The van der Waals surface area contributed by atoms with Crippen LogP contribution in [0.5, 0.6) is 0 Å². The molecule has 0 saturated heterocycles. The maximum atomic E-state index is 2.56. The summed E-state index contributed by atoms with van der Waals surface area (Å²) in [4.78, 5) is 0. The number of allylic oxidation sites excluding steroid dienone is 1. The smallest absolute Gasteiger partial charge is 0.0541 e. The van der Waals surface area contributed by atoms with Crippen molar-refractivity contribution in [3.63, 3.8) is 0 Å². The molecule has 3 aliphatic rings. The van der Waals surface area contributed by atoms with Gasteiger partial charge in [0.25, 0.3) is 0 Å². The highest BCUT2D eigenvalue weighted by molar-refractivity contribution is 7.26. The van der Waals surface area contributed by atoms with E-state index < -0.39 is 0 Å². The number of rotatable bonds is 2. The predicted molar refractivity (Wildman–Crippen MR) is 213 cm³/mol. The largest absolute Gasteiger partial charge is 0.135 e. The number of benzene rings is 8. The van der Waals surface area contributed by atoms with Crippen molar-refractivity contribution in [3.8, 4) is 33.4 Å². The topological polar surface area (TPSA) is 0 Å². The van der Waals surface area contributed by atoms with E-state index >= 15 is 0 Å². The Hall–Kier alpha value is -5.76. The minimum atomic E-state index is -0.281. The van der Waals surface area contributed by atoms with Gasteiger partial charge in [0.15, 0.2) is 0 Å². The second-order valence-corrected chi connectivity index (χ2v) is 15.3. The summed E-state index contributed by atoms with van der Waals surface area (Å²) in [7, 11) is 0. The van der Waals surface area contributed by atoms with Crippen molar-refractivity contribution in [3.05, 3.63) is 186 Å². The number of hydrogen-bond acceptors (Lipinski definition) is 1. The van der Waals surface area contributed by atoms with Crippen LogP contribution in [0.15, 0.2) is 158 Å². The fourth-order valence-electron chi connectivity index (χ4n) is 10.2. The Bertz CT molecular complexity index is 2960. The molecule has 0 fully saturated rings. The van der Waals surface area contributed by atoms with Crippen LogP contribution in [-0.4, -0.2) is 0 Å². The molecule has 1 heterocycles. The first kappa shape index (κ1) is 27.1. The zero-order valence-corrected chi connectivity index (χ0v) is 28.1. The molecular formula is C49H30S. The van der Waals surface area contributed by atoms with E-state index in [2.05, 4.69) is 164 Å². The molecule has 12 rings (SSSR count). The van der Waals surface area contributed by atoms with Crippen LogP contribution in [0.1, 0.15) is 40.2 Å². The Kier molecular flexibility index (Phi) is 5.25. The SMILES string of the molecule is C1=Cc2c3c4c(cc(-c5ccccc5)cc4c4ccccc24)C2(c4ccccc4-c4cc(-c5cccc6c5sc5ccccc56)ccc42)C3C1. The van der Waals surface area contributed by atoms with Crippen molar-refractivity contribution < 1.29 is 0 Å². The summed E-state index contributed by atoms with van der Waals surface area (Å²) in [5.41, 5.74) is 15.0. The zero-order chi connectivity index (χ0) is 32.6. The zero-order valence-electron chi connectivity index (χ0n) is 27.3. The lowest BCUT2D eigenvalue weighted by Gasteiger charge is -2.37. The number of fused-ring (bicyclic) bond motifs is 13. The molecule has 0 bridgehead atoms. The standard InChI is InChI=1S/C49H30S/c1-2-12-29(13-3-1)31-27-40-34-15-5-4-14-33(34)37-19-11-22-43-46(37)47(40)44(28-31)49(43)41-21-8-6-16-35(41)39-26-30(24-25-42(39)49)32-18-10-20-38-36-17-7-9-23-45(36)50-48(32)38/h1-21,23-28,43H,22H2. The highest BCUT2D eigenvalue weighted by atomic mass is 32.1. The molecule has 232 valence electrons. The van der Waals surface area contributed by atoms with Crippen molar-refractivity contribution in [1.29, 1.82) is 0 Å². The quantitative estimate of drug-likeness (QED) is 0.163. The Morgan fingerprint density at radius 1 is 0.480 bits per heavy atom. The van der Waals surface area contributed by atoms with Crippen molar-refractivity contribution in [2.24, 2.45) is 0 Å². The van der Waals surface area contributed by atoms with Gasteiger partial charge in [0.2, 0.25) is 0 Å². The molecular weight excluding hydrogens is 621 g/mol. The van der Waals surface area contributed by atoms with Crippen LogP contribution in [0.3, 0.4) is 0 Å². The van der Waals surface area contributed by atoms with Gasteiger partial charge in [-0.1, -0.05) is 140 Å². The lowest BCUT2D eigenvalue weighted by atomic mass is 9.64. The van der Waals surface area contributed by atoms with Crippen molar-refractivity contribution in [1.82, 2.24) is 0 Å². The third-order valence-corrected chi connectivity index (χ3v) is 13.3. The van der Waals surface area contributed by atoms with E-state index in [-0.39, 0.29) is 5.41 Å². The second-order valence-electron chi connectivity index (χ2n) is 14.3. The van der Waals surface area contributed by atoms with Gasteiger partial charge in [-0.25, -0.2) is 0 Å². The van der Waals surface area contributed by atoms with Gasteiger partial charge in [-0.2, -0.15) is 0 Å². The van der Waals surface area contributed by atoms with Crippen LogP contribution in [0.25, 0.3) is 81.2 Å². The Balaban J connectivity index is 1.19. The van der Waals surface area contributed by atoms with Crippen LogP contribution in [-0.2, 0) is 5.41 Å². The molecule has 50 heavy (non-hydrogen) atoms. The van der Waals surface area contributed by atoms with Gasteiger partial charge < -0.3 is 0 Å². The summed E-state index contributed by atoms with van der Waals surface area (Å²) in [6.07, 6.45) is 5.89. The third-order valence-electron chi connectivity index (χ3n) is 12.1. The molecule has 2 atom stereocenters. The molecule has 1 heteroatoms. The molecule has 0 radical (unpaired) electrons. The summed E-state index contributed by atoms with van der Waals surface area (Å²) in [5, 5.41) is 8.25. The van der Waals surface area contributed by atoms with E-state index in [1.807, 2.05) is 11.3 Å². The fourth-order valence-corrected chi connectivity index (χ4v) is 11.4. The van der Waals surface area contributed by atoms with E-state index in [0.717, 1.165) is 6.42 Å². The predicted octanol–water partition coefficient (Wildman–Crippen LogP) is 13.5. The summed E-state index contributed by atoms with van der Waals surface area (Å²) < 4.78 is 2.72. The van der Waals surface area contributed by atoms with E-state index in [4.69, 9.17) is 0 Å². The average molecular weight is 651 g/mol. The molecule has 0 nitrogen and oxygen atoms in total. The van der Waals surface area contributed by atoms with Gasteiger partial charge in [0.1, 0.15) is 0 Å². The molecule has 3 aliphatic carbocycles. The van der Waals surface area contributed by atoms with Crippen molar-refractivity contribution >= 4 is 59.1 Å². The molecule has 2 unspecified atom stereocenters. The van der Waals surface area contributed by atoms with Crippen LogP contribution in [0.2, 0.25) is 0 Å². The van der Waals surface area contributed by atoms with Crippen molar-refractivity contribution in [2.75, 3.05) is 0 Å². The molecule has 0 N–H and O–H groups in total. The Morgan fingerprint density at radius 3 is 2.14 bits per heavy atom. The molecule has 0 amide bonds. The normalized spacial score (nSPS) is 18.1. The molecule has 0 saturated carbocycles. The highest BCUT2D eigenvalue weighted by Gasteiger charge is 2.56. The molecule has 8 aromatic carbocycles. The molecule has 1 aromatic heterocycles. The van der Waals surface area contributed by atoms with E-state index in [1.54, 1.807) is 0 Å². The van der Waals surface area contributed by atoms with Gasteiger partial charge in [0.05, 0.1) is 5.41 Å². The first-order chi connectivity index (χ1) is 24.8. The lowest BCUT2D eigenvalue weighted by Crippen LogP contribution is -2.31. The van der Waals surface area contributed by atoms with Gasteiger partial charge in [-0.05, 0) is 113 Å². The number of hydrogen-bond donors (Lipinski definition) is 0. The summed E-state index contributed by atoms with van der Waals surface area (Å²) in [6.45, 7) is 0. The first-order valence-electron chi connectivity index (χ1n) is 17.7. The van der Waals surface area contributed by atoms with Crippen LogP contribution in [0, 0.1) is 0 Å². The number of thiophene rings is 1. The third kappa shape index (κ3) is 3.27. The summed E-state index contributed by atoms with van der Waals surface area (Å²) >= 11 is 1.91. The van der Waals surface area contributed by atoms with Crippen LogP contribution < -0.4 is 0 Å². The van der Waals surface area contributed by atoms with Crippen molar-refractivity contribution in [2.45, 2.75) is 17.8 Å². The first-order valence-corrected chi connectivity index (χ1v) is 18.5. The molecule has 1 spiro atoms. The van der Waals surface area contributed by atoms with Crippen LogP contribution >= 0.6 is 11.3 Å². The molecule has 9 aromatic rings. The monoisotopic (exact) mass is 650 g/mol. The Morgan fingerprint density at radius 2 is 1.22 bits per heavy atom. The maximum Gasteiger partial charge on any atom is 0.0541 e. The maximum absolute atomic E-state index is 2.56. The minimum Gasteiger partial charge on any atom is -0.135 e. The second kappa shape index (κ2) is 9.69. The molecule has 0 aliphatic heterocycles. The van der Waals surface area contributed by atoms with E-state index in [1.165, 1.54) is 103 Å². The van der Waals surface area contributed by atoms with Crippen LogP contribution in [0.4, 0.5) is 0 Å². The van der Waals surface area contributed by atoms with E-state index in [9.17, 15) is 0 Å². The summed E-state index contributed by atoms with van der Waals surface area (Å²) in [5.74, 6) is 0.315. The highest BCUT2D eigenvalue weighted by Crippen LogP contribution is 2.68. The van der Waals surface area contributed by atoms with E-state index in [0.29, 0.717) is 5.92 Å². The fraction of sp³-hybridized carbons (Fsp3) is 0.0612. The Labute approximate surface area is 294 Å². The van der Waals surface area contributed by atoms with Gasteiger partial charge in [0, 0.05) is 26.1 Å². The summed E-state index contributed by atoms with van der Waals surface area (Å²) in [6, 6.07) is 57.5. The average Bonchev–Trinajstić information content (AvgIpc) is 3.82. The van der Waals surface area contributed by atoms with Gasteiger partial charge in [-0.15, -0.1) is 11.3 Å².